The van der Waals surface area contributed by atoms with Gasteiger partial charge in [0, 0.05) is 4.47 Å². The first-order valence-corrected chi connectivity index (χ1v) is 11.9. The fourth-order valence-corrected chi connectivity index (χ4v) is 6.49. The molecule has 0 saturated heterocycles. The number of rotatable bonds is 4. The van der Waals surface area contributed by atoms with E-state index in [4.69, 9.17) is 4.74 Å². The summed E-state index contributed by atoms with van der Waals surface area (Å²) >= 11 is 3.64. The molecule has 0 radical (unpaired) electrons. The van der Waals surface area contributed by atoms with Gasteiger partial charge in [-0.1, -0.05) is 72.0 Å². The Balaban J connectivity index is 2.37. The second kappa shape index (κ2) is 5.48. The van der Waals surface area contributed by atoms with E-state index in [0.717, 1.165) is 4.47 Å². The first-order valence-electron chi connectivity index (χ1n) is 7.56. The van der Waals surface area contributed by atoms with E-state index in [1.54, 1.807) is 0 Å². The van der Waals surface area contributed by atoms with Crippen LogP contribution in [0.15, 0.2) is 59.6 Å². The Morgan fingerprint density at radius 2 is 1.77 bits per heavy atom. The first kappa shape index (κ1) is 15.7. The number of benzene rings is 2. The molecule has 0 spiro atoms. The highest BCUT2D eigenvalue weighted by atomic mass is 79.9. The summed E-state index contributed by atoms with van der Waals surface area (Å²) in [6, 6.07) is 15.2. The van der Waals surface area contributed by atoms with E-state index >= 15 is 0 Å². The molecule has 0 amide bonds. The first-order chi connectivity index (χ1) is 10.4. The molecule has 1 aliphatic carbocycles. The zero-order valence-corrected chi connectivity index (χ0v) is 15.9. The predicted octanol–water partition coefficient (Wildman–Crippen LogP) is 5.75. The summed E-state index contributed by atoms with van der Waals surface area (Å²) in [5.74, 6) is 0. The van der Waals surface area contributed by atoms with Gasteiger partial charge in [-0.2, -0.15) is 0 Å². The molecular weight excluding hydrogens is 352 g/mol. The lowest BCUT2D eigenvalue weighted by molar-refractivity contribution is 0.0608. The minimum atomic E-state index is -1.73. The molecule has 22 heavy (non-hydrogen) atoms. The quantitative estimate of drug-likeness (QED) is 0.490. The molecule has 1 aliphatic rings. The van der Waals surface area contributed by atoms with Gasteiger partial charge in [-0.05, 0) is 34.4 Å². The van der Waals surface area contributed by atoms with Crippen LogP contribution in [-0.2, 0) is 9.96 Å². The second-order valence-electron chi connectivity index (χ2n) is 6.77. The molecule has 0 fully saturated rings. The van der Waals surface area contributed by atoms with Crippen molar-refractivity contribution in [3.63, 3.8) is 0 Å². The minimum Gasteiger partial charge on any atom is -0.365 e. The molecule has 0 saturated carbocycles. The fraction of sp³-hybridized carbons (Fsp3) is 0.263. The van der Waals surface area contributed by atoms with Crippen molar-refractivity contribution in [1.82, 2.24) is 0 Å². The van der Waals surface area contributed by atoms with E-state index in [1.165, 1.54) is 22.3 Å². The Morgan fingerprint density at radius 3 is 2.45 bits per heavy atom. The lowest BCUT2D eigenvalue weighted by Gasteiger charge is -2.42. The molecule has 0 heterocycles. The van der Waals surface area contributed by atoms with Crippen molar-refractivity contribution < 1.29 is 4.74 Å². The van der Waals surface area contributed by atoms with Gasteiger partial charge in [-0.3, -0.25) is 0 Å². The monoisotopic (exact) mass is 372 g/mol. The van der Waals surface area contributed by atoms with E-state index in [-0.39, 0.29) is 5.22 Å². The lowest BCUT2D eigenvalue weighted by atomic mass is 10.1. The van der Waals surface area contributed by atoms with Crippen LogP contribution in [0.25, 0.3) is 11.1 Å². The summed E-state index contributed by atoms with van der Waals surface area (Å²) in [4.78, 5) is 0. The average molecular weight is 373 g/mol. The molecular formula is C19H21BrOSi. The number of hydrogen-bond donors (Lipinski definition) is 0. The number of ether oxygens (including phenoxy) is 1. The van der Waals surface area contributed by atoms with Crippen LogP contribution in [0.4, 0.5) is 0 Å². The Kier molecular flexibility index (Phi) is 3.92. The van der Waals surface area contributed by atoms with Gasteiger partial charge in [0.1, 0.15) is 5.22 Å². The highest BCUT2D eigenvalue weighted by Crippen LogP contribution is 2.54. The maximum Gasteiger partial charge on any atom is 0.107 e. The van der Waals surface area contributed by atoms with Crippen LogP contribution in [0.1, 0.15) is 11.1 Å². The lowest BCUT2D eigenvalue weighted by Crippen LogP contribution is -2.51. The highest BCUT2D eigenvalue weighted by Gasteiger charge is 2.53. The molecule has 1 unspecified atom stereocenters. The zero-order valence-electron chi connectivity index (χ0n) is 13.3. The zero-order chi connectivity index (χ0) is 16.0. The summed E-state index contributed by atoms with van der Waals surface area (Å²) in [6.45, 7) is 11.5. The maximum absolute atomic E-state index is 6.53. The summed E-state index contributed by atoms with van der Waals surface area (Å²) in [7, 11) is -1.73. The Morgan fingerprint density at radius 1 is 1.09 bits per heavy atom. The topological polar surface area (TPSA) is 9.23 Å². The Hall–Kier alpha value is -1.16. The van der Waals surface area contributed by atoms with Crippen molar-refractivity contribution in [2.75, 3.05) is 6.61 Å². The van der Waals surface area contributed by atoms with Crippen molar-refractivity contribution >= 4 is 24.0 Å². The average Bonchev–Trinajstić information content (AvgIpc) is 2.75. The van der Waals surface area contributed by atoms with E-state index in [1.807, 2.05) is 6.08 Å². The van der Waals surface area contributed by atoms with E-state index in [0.29, 0.717) is 6.61 Å². The maximum atomic E-state index is 6.53. The van der Waals surface area contributed by atoms with Crippen LogP contribution in [0, 0.1) is 0 Å². The van der Waals surface area contributed by atoms with Gasteiger partial charge in [-0.15, -0.1) is 6.58 Å². The van der Waals surface area contributed by atoms with Gasteiger partial charge >= 0.3 is 0 Å². The van der Waals surface area contributed by atoms with Crippen molar-refractivity contribution in [2.45, 2.75) is 24.9 Å². The molecule has 2 aromatic rings. The predicted molar refractivity (Wildman–Crippen MR) is 99.9 cm³/mol. The van der Waals surface area contributed by atoms with Crippen molar-refractivity contribution in [2.24, 2.45) is 0 Å². The number of hydrogen-bond acceptors (Lipinski definition) is 1. The fourth-order valence-electron chi connectivity index (χ4n) is 3.58. The Labute approximate surface area is 142 Å². The smallest absolute Gasteiger partial charge is 0.107 e. The van der Waals surface area contributed by atoms with Gasteiger partial charge in [-0.25, -0.2) is 0 Å². The molecule has 3 heteroatoms. The summed E-state index contributed by atoms with van der Waals surface area (Å²) < 4.78 is 7.64. The minimum absolute atomic E-state index is 0.323. The van der Waals surface area contributed by atoms with Crippen molar-refractivity contribution in [3.05, 3.63) is 70.7 Å². The van der Waals surface area contributed by atoms with Crippen molar-refractivity contribution in [1.29, 1.82) is 0 Å². The summed E-state index contributed by atoms with van der Waals surface area (Å²) in [5, 5.41) is -0.323. The van der Waals surface area contributed by atoms with E-state index in [2.05, 4.69) is 84.6 Å². The molecule has 3 rings (SSSR count). The van der Waals surface area contributed by atoms with Gasteiger partial charge in [0.15, 0.2) is 0 Å². The van der Waals surface area contributed by atoms with Gasteiger partial charge in [0.2, 0.25) is 0 Å². The van der Waals surface area contributed by atoms with Crippen LogP contribution < -0.4 is 0 Å². The SMILES string of the molecule is C=CCOC1([Si](C)(C)C)c2ccccc2-c2ccc(Br)cc21. The standard InChI is InChI=1S/C19H21BrOSi/c1-5-12-21-19(22(2,3)4)17-9-7-6-8-15(17)16-11-10-14(20)13-18(16)19/h5-11,13H,1,12H2,2-4H3. The van der Waals surface area contributed by atoms with Crippen LogP contribution in [-0.4, -0.2) is 14.7 Å². The number of halogens is 1. The highest BCUT2D eigenvalue weighted by molar-refractivity contribution is 9.10. The normalized spacial score (nSPS) is 19.6. The van der Waals surface area contributed by atoms with E-state index < -0.39 is 8.07 Å². The molecule has 114 valence electrons. The molecule has 1 nitrogen and oxygen atoms in total. The molecule has 0 N–H and O–H groups in total. The van der Waals surface area contributed by atoms with Gasteiger partial charge in [0.25, 0.3) is 0 Å². The molecule has 1 atom stereocenters. The third kappa shape index (κ3) is 2.15. The molecule has 0 bridgehead atoms. The molecule has 0 aromatic heterocycles. The van der Waals surface area contributed by atoms with Gasteiger partial charge < -0.3 is 4.74 Å². The van der Waals surface area contributed by atoms with Gasteiger partial charge in [0.05, 0.1) is 14.7 Å². The van der Waals surface area contributed by atoms with Crippen LogP contribution >= 0.6 is 15.9 Å². The Bertz CT molecular complexity index is 732. The molecule has 0 aliphatic heterocycles. The second-order valence-corrected chi connectivity index (χ2v) is 12.9. The summed E-state index contributed by atoms with van der Waals surface area (Å²) in [5.41, 5.74) is 5.20. The third-order valence-corrected chi connectivity index (χ3v) is 7.72. The van der Waals surface area contributed by atoms with Crippen LogP contribution in [0.5, 0.6) is 0 Å². The summed E-state index contributed by atoms with van der Waals surface area (Å²) in [6.07, 6.45) is 1.85. The van der Waals surface area contributed by atoms with E-state index in [9.17, 15) is 0 Å². The third-order valence-electron chi connectivity index (χ3n) is 4.43. The van der Waals surface area contributed by atoms with Crippen molar-refractivity contribution in [3.8, 4) is 11.1 Å². The molecule has 2 aromatic carbocycles. The van der Waals surface area contributed by atoms with Crippen LogP contribution in [0.2, 0.25) is 19.6 Å². The van der Waals surface area contributed by atoms with Crippen LogP contribution in [0.3, 0.4) is 0 Å². The largest absolute Gasteiger partial charge is 0.365 e. The number of fused-ring (bicyclic) bond motifs is 3.